The molecule has 3 heterocycles. The smallest absolute Gasteiger partial charge is 0.364 e. The number of amides is 1. The molecule has 0 saturated carbocycles. The number of fused-ring (bicyclic) bond motifs is 1. The highest BCUT2D eigenvalue weighted by Crippen LogP contribution is 2.38. The Morgan fingerprint density at radius 3 is 2.42 bits per heavy atom. The predicted octanol–water partition coefficient (Wildman–Crippen LogP) is 3.81. The summed E-state index contributed by atoms with van der Waals surface area (Å²) in [5.41, 5.74) is -0.880. The van der Waals surface area contributed by atoms with Crippen molar-refractivity contribution in [2.75, 3.05) is 12.4 Å². The van der Waals surface area contributed by atoms with Crippen LogP contribution in [0, 0.1) is 13.8 Å². The number of carbonyl (C=O) groups is 2. The molecule has 0 aliphatic carbocycles. The molecular formula is C31H32N2O10. The first-order valence-corrected chi connectivity index (χ1v) is 13.5. The van der Waals surface area contributed by atoms with E-state index in [9.17, 15) is 24.6 Å². The fourth-order valence-electron chi connectivity index (χ4n) is 5.12. The number of aryl methyl sites for hydroxylation is 2. The molecule has 2 aromatic heterocycles. The molecule has 1 aliphatic rings. The minimum atomic E-state index is -1.48. The predicted molar refractivity (Wildman–Crippen MR) is 154 cm³/mol. The molecule has 226 valence electrons. The zero-order chi connectivity index (χ0) is 31.1. The number of aromatic hydroxyl groups is 1. The van der Waals surface area contributed by atoms with Gasteiger partial charge < -0.3 is 43.9 Å². The van der Waals surface area contributed by atoms with Crippen molar-refractivity contribution in [1.29, 1.82) is 0 Å². The van der Waals surface area contributed by atoms with E-state index >= 15 is 0 Å². The minimum absolute atomic E-state index is 0.00197. The van der Waals surface area contributed by atoms with Gasteiger partial charge in [0.1, 0.15) is 23.1 Å². The lowest BCUT2D eigenvalue weighted by Crippen LogP contribution is -2.65. The van der Waals surface area contributed by atoms with Crippen LogP contribution in [0.25, 0.3) is 11.0 Å². The Bertz CT molecular complexity index is 1730. The van der Waals surface area contributed by atoms with E-state index in [1.54, 1.807) is 70.2 Å². The standard InChI is InChI=1S/C31H32N2O10/c1-15-11-13-19(32-15)28(37)42-25-23(35)30(43-31(3,4)26(25)39-5)40-20-14-12-18-22(34)21(29(38)41-24(18)16(20)2)33-27(36)17-9-7-6-8-10-17/h6-14,23,25-26,30,32,34-35H,1-5H3,(H,33,36). The topological polar surface area (TPSA) is 170 Å². The molecule has 1 aliphatic heterocycles. The molecular weight excluding hydrogens is 560 g/mol. The number of carbonyl (C=O) groups excluding carboxylic acids is 2. The molecule has 0 spiro atoms. The van der Waals surface area contributed by atoms with Gasteiger partial charge in [-0.2, -0.15) is 0 Å². The lowest BCUT2D eigenvalue weighted by molar-refractivity contribution is -0.305. The summed E-state index contributed by atoms with van der Waals surface area (Å²) in [7, 11) is 1.42. The summed E-state index contributed by atoms with van der Waals surface area (Å²) in [4.78, 5) is 41.2. The molecule has 5 rings (SSSR count). The number of methoxy groups -OCH3 is 1. The Morgan fingerprint density at radius 1 is 1.05 bits per heavy atom. The number of anilines is 1. The van der Waals surface area contributed by atoms with Crippen molar-refractivity contribution in [1.82, 2.24) is 4.98 Å². The summed E-state index contributed by atoms with van der Waals surface area (Å²) in [5.74, 6) is -1.60. The van der Waals surface area contributed by atoms with Gasteiger partial charge in [0.15, 0.2) is 23.6 Å². The fourth-order valence-corrected chi connectivity index (χ4v) is 5.12. The van der Waals surface area contributed by atoms with Gasteiger partial charge in [0.2, 0.25) is 6.29 Å². The normalized spacial score (nSPS) is 21.3. The van der Waals surface area contributed by atoms with E-state index in [0.717, 1.165) is 5.69 Å². The summed E-state index contributed by atoms with van der Waals surface area (Å²) in [6.45, 7) is 6.79. The lowest BCUT2D eigenvalue weighted by atomic mass is 9.89. The van der Waals surface area contributed by atoms with Crippen molar-refractivity contribution in [3.8, 4) is 11.5 Å². The SMILES string of the molecule is COC1C(OC(=O)c2ccc(C)[nH]2)C(O)C(Oc2ccc3c(O)c(NC(=O)c4ccccc4)c(=O)oc3c2C)OC1(C)C. The van der Waals surface area contributed by atoms with Crippen LogP contribution >= 0.6 is 0 Å². The molecule has 1 saturated heterocycles. The zero-order valence-corrected chi connectivity index (χ0v) is 24.2. The fraction of sp³-hybridized carbons (Fsp3) is 0.323. The van der Waals surface area contributed by atoms with E-state index in [0.29, 0.717) is 5.56 Å². The van der Waals surface area contributed by atoms with Crippen molar-refractivity contribution in [3.05, 3.63) is 87.5 Å². The molecule has 4 aromatic rings. The number of aromatic nitrogens is 1. The quantitative estimate of drug-likeness (QED) is 0.183. The first kappa shape index (κ1) is 29.8. The summed E-state index contributed by atoms with van der Waals surface area (Å²) < 4.78 is 28.8. The third kappa shape index (κ3) is 5.72. The number of rotatable bonds is 7. The number of esters is 1. The number of benzene rings is 2. The van der Waals surface area contributed by atoms with Gasteiger partial charge in [-0.25, -0.2) is 9.59 Å². The van der Waals surface area contributed by atoms with Gasteiger partial charge in [0.05, 0.1) is 11.0 Å². The summed E-state index contributed by atoms with van der Waals surface area (Å²) in [6, 6.07) is 14.4. The number of hydrogen-bond acceptors (Lipinski definition) is 10. The molecule has 1 fully saturated rings. The second-order valence-electron chi connectivity index (χ2n) is 10.8. The molecule has 4 unspecified atom stereocenters. The van der Waals surface area contributed by atoms with Crippen molar-refractivity contribution < 1.29 is 43.2 Å². The van der Waals surface area contributed by atoms with Crippen LogP contribution in [0.5, 0.6) is 11.5 Å². The average Bonchev–Trinajstić information content (AvgIpc) is 3.42. The molecule has 2 aromatic carbocycles. The molecule has 0 bridgehead atoms. The van der Waals surface area contributed by atoms with Gasteiger partial charge in [-0.1, -0.05) is 18.2 Å². The first-order valence-electron chi connectivity index (χ1n) is 13.5. The van der Waals surface area contributed by atoms with Crippen LogP contribution in [0.1, 0.15) is 46.0 Å². The molecule has 4 atom stereocenters. The molecule has 4 N–H and O–H groups in total. The number of H-pyrrole nitrogens is 1. The first-order chi connectivity index (χ1) is 20.4. The monoisotopic (exact) mass is 592 g/mol. The van der Waals surface area contributed by atoms with Crippen LogP contribution < -0.4 is 15.7 Å². The maximum atomic E-state index is 12.9. The highest BCUT2D eigenvalue weighted by molar-refractivity contribution is 6.06. The largest absolute Gasteiger partial charge is 0.505 e. The third-order valence-electron chi connectivity index (χ3n) is 7.33. The van der Waals surface area contributed by atoms with Gasteiger partial charge in [-0.3, -0.25) is 4.79 Å². The van der Waals surface area contributed by atoms with Gasteiger partial charge >= 0.3 is 11.6 Å². The molecule has 12 nitrogen and oxygen atoms in total. The van der Waals surface area contributed by atoms with E-state index in [1.807, 2.05) is 0 Å². The number of ether oxygens (including phenoxy) is 4. The number of aliphatic hydroxyl groups excluding tert-OH is 1. The van der Waals surface area contributed by atoms with E-state index in [2.05, 4.69) is 10.3 Å². The van der Waals surface area contributed by atoms with Crippen LogP contribution in [-0.4, -0.2) is 64.4 Å². The Kier molecular flexibility index (Phi) is 8.02. The maximum absolute atomic E-state index is 12.9. The summed E-state index contributed by atoms with van der Waals surface area (Å²) in [5, 5.41) is 24.7. The highest BCUT2D eigenvalue weighted by Gasteiger charge is 2.53. The van der Waals surface area contributed by atoms with Gasteiger partial charge in [0, 0.05) is 23.9 Å². The van der Waals surface area contributed by atoms with Crippen LogP contribution in [0.15, 0.2) is 63.8 Å². The van der Waals surface area contributed by atoms with Gasteiger partial charge in [0.25, 0.3) is 5.91 Å². The van der Waals surface area contributed by atoms with Crippen molar-refractivity contribution in [2.24, 2.45) is 0 Å². The van der Waals surface area contributed by atoms with E-state index < -0.39 is 59.1 Å². The van der Waals surface area contributed by atoms with Crippen LogP contribution in [0.2, 0.25) is 0 Å². The van der Waals surface area contributed by atoms with Crippen molar-refractivity contribution in [2.45, 2.75) is 57.9 Å². The Morgan fingerprint density at radius 2 is 1.77 bits per heavy atom. The van der Waals surface area contributed by atoms with Crippen molar-refractivity contribution >= 4 is 28.5 Å². The van der Waals surface area contributed by atoms with E-state index in [4.69, 9.17) is 23.4 Å². The maximum Gasteiger partial charge on any atom is 0.364 e. The second kappa shape index (κ2) is 11.6. The highest BCUT2D eigenvalue weighted by atomic mass is 16.7. The average molecular weight is 593 g/mol. The zero-order valence-electron chi connectivity index (χ0n) is 24.2. The number of aromatic amines is 1. The molecule has 12 heteroatoms. The number of nitrogens with one attached hydrogen (secondary N) is 2. The van der Waals surface area contributed by atoms with Crippen molar-refractivity contribution in [3.63, 3.8) is 0 Å². The summed E-state index contributed by atoms with van der Waals surface area (Å²) in [6.07, 6.45) is -4.83. The minimum Gasteiger partial charge on any atom is -0.505 e. The lowest BCUT2D eigenvalue weighted by Gasteiger charge is -2.47. The van der Waals surface area contributed by atoms with Crippen LogP contribution in [0.4, 0.5) is 5.69 Å². The Labute approximate surface area is 246 Å². The Balaban J connectivity index is 1.43. The second-order valence-corrected chi connectivity index (χ2v) is 10.8. The van der Waals surface area contributed by atoms with E-state index in [-0.39, 0.29) is 28.0 Å². The van der Waals surface area contributed by atoms with E-state index in [1.165, 1.54) is 19.2 Å². The Hall–Kier alpha value is -4.65. The summed E-state index contributed by atoms with van der Waals surface area (Å²) >= 11 is 0. The number of aliphatic hydroxyl groups is 1. The van der Waals surface area contributed by atoms with Crippen LogP contribution in [0.3, 0.4) is 0 Å². The van der Waals surface area contributed by atoms with Gasteiger partial charge in [-0.15, -0.1) is 0 Å². The molecule has 43 heavy (non-hydrogen) atoms. The third-order valence-corrected chi connectivity index (χ3v) is 7.33. The molecule has 1 amide bonds. The number of hydrogen-bond donors (Lipinski definition) is 4. The van der Waals surface area contributed by atoms with Gasteiger partial charge in [-0.05, 0) is 64.1 Å². The molecule has 0 radical (unpaired) electrons. The van der Waals surface area contributed by atoms with Crippen LogP contribution in [-0.2, 0) is 14.2 Å².